The molecule has 2 heterocycles. The molecule has 1 aliphatic carbocycles. The number of thiophene rings is 1. The molecule has 0 saturated carbocycles. The lowest BCUT2D eigenvalue weighted by Crippen LogP contribution is -2.15. The fourth-order valence-corrected chi connectivity index (χ4v) is 6.01. The number of benzene rings is 1. The van der Waals surface area contributed by atoms with E-state index in [0.717, 1.165) is 28.1 Å². The van der Waals surface area contributed by atoms with Gasteiger partial charge in [-0.15, -0.1) is 11.3 Å². The molecule has 1 amide bonds. The summed E-state index contributed by atoms with van der Waals surface area (Å²) in [5.74, 6) is -0.00814. The highest BCUT2D eigenvalue weighted by molar-refractivity contribution is 8.00. The predicted octanol–water partition coefficient (Wildman–Crippen LogP) is 5.87. The lowest BCUT2D eigenvalue weighted by molar-refractivity contribution is -0.113. The number of hydrogen-bond acceptors (Lipinski definition) is 5. The smallest absolute Gasteiger partial charge is 0.234 e. The van der Waals surface area contributed by atoms with Crippen LogP contribution in [0.3, 0.4) is 0 Å². The van der Waals surface area contributed by atoms with Crippen molar-refractivity contribution in [3.8, 4) is 0 Å². The minimum Gasteiger partial charge on any atom is -0.323 e. The highest BCUT2D eigenvalue weighted by Gasteiger charge is 2.22. The summed E-state index contributed by atoms with van der Waals surface area (Å²) in [6, 6.07) is 3.08. The molecular weight excluding hydrogens is 433 g/mol. The molecule has 1 aromatic carbocycles. The maximum Gasteiger partial charge on any atom is 0.234 e. The molecule has 4 rings (SSSR count). The van der Waals surface area contributed by atoms with Gasteiger partial charge >= 0.3 is 0 Å². The maximum absolute atomic E-state index is 12.4. The van der Waals surface area contributed by atoms with Crippen LogP contribution in [0.4, 0.5) is 5.69 Å². The number of carbonyl (C=O) groups is 1. The van der Waals surface area contributed by atoms with Crippen LogP contribution in [0.1, 0.15) is 16.9 Å². The SMILES string of the molecule is O=C(CSc1ncnc2sc3c(c12)CCC3)Nc1c(Cl)cc(Cl)cc1Cl. The van der Waals surface area contributed by atoms with Crippen LogP contribution >= 0.6 is 57.9 Å². The number of aromatic nitrogens is 2. The van der Waals surface area contributed by atoms with E-state index < -0.39 is 0 Å². The van der Waals surface area contributed by atoms with Crippen LogP contribution in [0.15, 0.2) is 23.5 Å². The number of nitrogens with one attached hydrogen (secondary N) is 1. The molecular formula is C17H12Cl3N3OS2. The first-order valence-electron chi connectivity index (χ1n) is 7.85. The largest absolute Gasteiger partial charge is 0.323 e. The third-order valence-corrected chi connectivity index (χ3v) is 7.08. The Morgan fingerprint density at radius 2 is 1.96 bits per heavy atom. The van der Waals surface area contributed by atoms with E-state index in [0.29, 0.717) is 20.8 Å². The molecule has 0 unspecified atom stereocenters. The third-order valence-electron chi connectivity index (χ3n) is 4.08. The standard InChI is InChI=1S/C17H12Cl3N3OS2/c18-8-4-10(19)15(11(20)5-8)23-13(24)6-25-16-14-9-2-1-3-12(9)26-17(14)22-7-21-16/h4-5,7H,1-3,6H2,(H,23,24). The molecule has 2 aromatic heterocycles. The van der Waals surface area contributed by atoms with Gasteiger partial charge in [-0.25, -0.2) is 9.97 Å². The average molecular weight is 445 g/mol. The normalized spacial score (nSPS) is 13.2. The Labute approximate surface area is 173 Å². The summed E-state index contributed by atoms with van der Waals surface area (Å²) >= 11 is 21.2. The van der Waals surface area contributed by atoms with Crippen LogP contribution in [-0.2, 0) is 17.6 Å². The number of nitrogens with zero attached hydrogens (tertiary/aromatic N) is 2. The Morgan fingerprint density at radius 1 is 1.19 bits per heavy atom. The number of fused-ring (bicyclic) bond motifs is 3. The van der Waals surface area contributed by atoms with E-state index in [1.165, 1.54) is 28.6 Å². The lowest BCUT2D eigenvalue weighted by atomic mass is 10.2. The first-order chi connectivity index (χ1) is 12.5. The molecule has 4 nitrogen and oxygen atoms in total. The monoisotopic (exact) mass is 443 g/mol. The molecule has 26 heavy (non-hydrogen) atoms. The minimum absolute atomic E-state index is 0.200. The van der Waals surface area contributed by atoms with E-state index in [1.54, 1.807) is 29.8 Å². The highest BCUT2D eigenvalue weighted by Crippen LogP contribution is 2.40. The molecule has 3 aromatic rings. The van der Waals surface area contributed by atoms with E-state index in [1.807, 2.05) is 0 Å². The Hall–Kier alpha value is -1.05. The molecule has 1 aliphatic rings. The van der Waals surface area contributed by atoms with Crippen LogP contribution in [0.5, 0.6) is 0 Å². The number of rotatable bonds is 4. The van der Waals surface area contributed by atoms with Crippen molar-refractivity contribution in [2.75, 3.05) is 11.1 Å². The zero-order chi connectivity index (χ0) is 18.3. The minimum atomic E-state index is -0.209. The number of aryl methyl sites for hydroxylation is 2. The number of hydrogen-bond donors (Lipinski definition) is 1. The molecule has 0 bridgehead atoms. The van der Waals surface area contributed by atoms with Gasteiger partial charge in [0.05, 0.1) is 21.5 Å². The molecule has 0 spiro atoms. The van der Waals surface area contributed by atoms with Crippen molar-refractivity contribution in [1.82, 2.24) is 9.97 Å². The van der Waals surface area contributed by atoms with Crippen LogP contribution < -0.4 is 5.32 Å². The Kier molecular flexibility index (Phi) is 5.30. The van der Waals surface area contributed by atoms with Crippen molar-refractivity contribution in [2.45, 2.75) is 24.3 Å². The van der Waals surface area contributed by atoms with Gasteiger partial charge in [0.25, 0.3) is 0 Å². The second-order valence-electron chi connectivity index (χ2n) is 5.80. The Morgan fingerprint density at radius 3 is 2.73 bits per heavy atom. The summed E-state index contributed by atoms with van der Waals surface area (Å²) in [7, 11) is 0. The van der Waals surface area contributed by atoms with Crippen LogP contribution in [-0.4, -0.2) is 21.6 Å². The van der Waals surface area contributed by atoms with Crippen molar-refractivity contribution >= 4 is 79.7 Å². The van der Waals surface area contributed by atoms with E-state index in [9.17, 15) is 4.79 Å². The van der Waals surface area contributed by atoms with Gasteiger partial charge in [-0.3, -0.25) is 4.79 Å². The van der Waals surface area contributed by atoms with Gasteiger partial charge in [0, 0.05) is 15.3 Å². The number of halogens is 3. The summed E-state index contributed by atoms with van der Waals surface area (Å²) in [4.78, 5) is 23.5. The predicted molar refractivity (Wildman–Crippen MR) is 110 cm³/mol. The van der Waals surface area contributed by atoms with E-state index in [4.69, 9.17) is 34.8 Å². The second kappa shape index (κ2) is 7.52. The number of thioether (sulfide) groups is 1. The molecule has 0 radical (unpaired) electrons. The summed E-state index contributed by atoms with van der Waals surface area (Å²) in [6.07, 6.45) is 4.89. The summed E-state index contributed by atoms with van der Waals surface area (Å²) in [5.41, 5.74) is 1.71. The van der Waals surface area contributed by atoms with E-state index in [-0.39, 0.29) is 11.7 Å². The molecule has 0 atom stereocenters. The molecule has 1 N–H and O–H groups in total. The molecule has 0 fully saturated rings. The third kappa shape index (κ3) is 3.53. The number of anilines is 1. The van der Waals surface area contributed by atoms with Gasteiger partial charge in [0.15, 0.2) is 0 Å². The second-order valence-corrected chi connectivity index (χ2v) is 9.10. The number of amides is 1. The summed E-state index contributed by atoms with van der Waals surface area (Å²) in [5, 5.41) is 5.73. The molecule has 0 saturated heterocycles. The Balaban J connectivity index is 1.51. The topological polar surface area (TPSA) is 54.9 Å². The van der Waals surface area contributed by atoms with Gasteiger partial charge in [0.1, 0.15) is 16.2 Å². The van der Waals surface area contributed by atoms with Gasteiger partial charge in [-0.05, 0) is 37.0 Å². The molecule has 134 valence electrons. The van der Waals surface area contributed by atoms with Crippen LogP contribution in [0.25, 0.3) is 10.2 Å². The van der Waals surface area contributed by atoms with Crippen molar-refractivity contribution in [3.05, 3.63) is 44.0 Å². The van der Waals surface area contributed by atoms with Crippen LogP contribution in [0.2, 0.25) is 15.1 Å². The highest BCUT2D eigenvalue weighted by atomic mass is 35.5. The zero-order valence-electron chi connectivity index (χ0n) is 13.3. The van der Waals surface area contributed by atoms with Crippen molar-refractivity contribution in [3.63, 3.8) is 0 Å². The average Bonchev–Trinajstić information content (AvgIpc) is 3.17. The van der Waals surface area contributed by atoms with Crippen LogP contribution in [0, 0.1) is 0 Å². The van der Waals surface area contributed by atoms with Gasteiger partial charge in [-0.2, -0.15) is 0 Å². The van der Waals surface area contributed by atoms with Gasteiger partial charge < -0.3 is 5.32 Å². The summed E-state index contributed by atoms with van der Waals surface area (Å²) < 4.78 is 0. The zero-order valence-corrected chi connectivity index (χ0v) is 17.2. The first kappa shape index (κ1) is 18.3. The summed E-state index contributed by atoms with van der Waals surface area (Å²) in [6.45, 7) is 0. The van der Waals surface area contributed by atoms with E-state index >= 15 is 0 Å². The lowest BCUT2D eigenvalue weighted by Gasteiger charge is -2.10. The van der Waals surface area contributed by atoms with Crippen molar-refractivity contribution < 1.29 is 4.79 Å². The van der Waals surface area contributed by atoms with E-state index in [2.05, 4.69) is 15.3 Å². The quantitative estimate of drug-likeness (QED) is 0.404. The molecule has 9 heteroatoms. The van der Waals surface area contributed by atoms with Gasteiger partial charge in [-0.1, -0.05) is 46.6 Å². The van der Waals surface area contributed by atoms with Crippen molar-refractivity contribution in [2.24, 2.45) is 0 Å². The van der Waals surface area contributed by atoms with Crippen molar-refractivity contribution in [1.29, 1.82) is 0 Å². The fraction of sp³-hybridized carbons (Fsp3) is 0.235. The fourth-order valence-electron chi connectivity index (χ4n) is 2.98. The molecule has 0 aliphatic heterocycles. The number of carbonyl (C=O) groups excluding carboxylic acids is 1. The van der Waals surface area contributed by atoms with Gasteiger partial charge in [0.2, 0.25) is 5.91 Å². The first-order valence-corrected chi connectivity index (χ1v) is 10.8. The maximum atomic E-state index is 12.4. The Bertz CT molecular complexity index is 999.